The third-order valence-electron chi connectivity index (χ3n) is 3.44. The molecule has 108 valence electrons. The Morgan fingerprint density at radius 1 is 1.20 bits per heavy atom. The van der Waals surface area contributed by atoms with E-state index in [1.54, 1.807) is 11.3 Å². The maximum Gasteiger partial charge on any atom is 0.0758 e. The van der Waals surface area contributed by atoms with Crippen LogP contribution in [-0.2, 0) is 6.42 Å². The highest BCUT2D eigenvalue weighted by atomic mass is 79.9. The molecular weight excluding hydrogens is 398 g/mol. The van der Waals surface area contributed by atoms with E-state index in [1.165, 1.54) is 29.8 Å². The number of likely N-dealkylation sites (N-methyl/N-ethyl adjacent to an activating group) is 1. The van der Waals surface area contributed by atoms with Gasteiger partial charge in [-0.2, -0.15) is 0 Å². The SMILES string of the molecule is CCNC(Cc1cc(C)ccc1C)c1cc(Br)sc1Br. The first-order chi connectivity index (χ1) is 9.51. The second-order valence-electron chi connectivity index (χ2n) is 5.02. The van der Waals surface area contributed by atoms with Crippen LogP contribution in [0.3, 0.4) is 0 Å². The van der Waals surface area contributed by atoms with Crippen molar-refractivity contribution in [1.82, 2.24) is 5.32 Å². The molecule has 4 heteroatoms. The van der Waals surface area contributed by atoms with Gasteiger partial charge in [-0.05, 0) is 81.4 Å². The minimum atomic E-state index is 0.345. The number of halogens is 2. The van der Waals surface area contributed by atoms with Crippen molar-refractivity contribution in [2.45, 2.75) is 33.2 Å². The van der Waals surface area contributed by atoms with Crippen LogP contribution < -0.4 is 5.32 Å². The number of aryl methyl sites for hydroxylation is 2. The number of rotatable bonds is 5. The van der Waals surface area contributed by atoms with Crippen molar-refractivity contribution in [3.63, 3.8) is 0 Å². The van der Waals surface area contributed by atoms with E-state index < -0.39 is 0 Å². The van der Waals surface area contributed by atoms with Crippen molar-refractivity contribution in [2.24, 2.45) is 0 Å². The van der Waals surface area contributed by atoms with Crippen LogP contribution in [0.1, 0.15) is 35.2 Å². The number of benzene rings is 1. The molecule has 0 saturated carbocycles. The molecule has 2 aromatic rings. The fraction of sp³-hybridized carbons (Fsp3) is 0.375. The van der Waals surface area contributed by atoms with Crippen LogP contribution in [-0.4, -0.2) is 6.54 Å². The lowest BCUT2D eigenvalue weighted by Crippen LogP contribution is -2.23. The lowest BCUT2D eigenvalue weighted by molar-refractivity contribution is 0.548. The lowest BCUT2D eigenvalue weighted by atomic mass is 9.96. The molecule has 1 nitrogen and oxygen atoms in total. The highest BCUT2D eigenvalue weighted by Gasteiger charge is 2.17. The summed E-state index contributed by atoms with van der Waals surface area (Å²) in [6.45, 7) is 7.47. The van der Waals surface area contributed by atoms with Crippen molar-refractivity contribution in [1.29, 1.82) is 0 Å². The molecule has 0 bridgehead atoms. The molecule has 1 unspecified atom stereocenters. The highest BCUT2D eigenvalue weighted by molar-refractivity contribution is 9.12. The predicted octanol–water partition coefficient (Wildman–Crippen LogP) is 5.78. The zero-order valence-electron chi connectivity index (χ0n) is 12.0. The summed E-state index contributed by atoms with van der Waals surface area (Å²) in [6, 6.07) is 9.25. The van der Waals surface area contributed by atoms with Gasteiger partial charge < -0.3 is 5.32 Å². The molecule has 1 heterocycles. The Morgan fingerprint density at radius 3 is 2.55 bits per heavy atom. The summed E-state index contributed by atoms with van der Waals surface area (Å²) < 4.78 is 2.38. The largest absolute Gasteiger partial charge is 0.310 e. The minimum absolute atomic E-state index is 0.345. The molecule has 0 spiro atoms. The molecule has 0 aliphatic rings. The summed E-state index contributed by atoms with van der Waals surface area (Å²) in [6.07, 6.45) is 1.02. The molecule has 0 fully saturated rings. The zero-order valence-corrected chi connectivity index (χ0v) is 16.0. The average Bonchev–Trinajstić information content (AvgIpc) is 2.72. The molecule has 1 N–H and O–H groups in total. The molecule has 2 rings (SSSR count). The monoisotopic (exact) mass is 415 g/mol. The fourth-order valence-corrected chi connectivity index (χ4v) is 5.34. The second-order valence-corrected chi connectivity index (χ2v) is 8.77. The van der Waals surface area contributed by atoms with Crippen LogP contribution in [0.4, 0.5) is 0 Å². The van der Waals surface area contributed by atoms with E-state index in [-0.39, 0.29) is 0 Å². The molecule has 1 atom stereocenters. The third-order valence-corrected chi connectivity index (χ3v) is 5.82. The minimum Gasteiger partial charge on any atom is -0.310 e. The van der Waals surface area contributed by atoms with E-state index in [4.69, 9.17) is 0 Å². The topological polar surface area (TPSA) is 12.0 Å². The van der Waals surface area contributed by atoms with Gasteiger partial charge in [-0.15, -0.1) is 11.3 Å². The summed E-state index contributed by atoms with van der Waals surface area (Å²) in [5.74, 6) is 0. The average molecular weight is 417 g/mol. The Morgan fingerprint density at radius 2 is 1.95 bits per heavy atom. The van der Waals surface area contributed by atoms with Crippen LogP contribution in [0.25, 0.3) is 0 Å². The van der Waals surface area contributed by atoms with Gasteiger partial charge in [0.2, 0.25) is 0 Å². The quantitative estimate of drug-likeness (QED) is 0.650. The maximum absolute atomic E-state index is 3.68. The molecule has 20 heavy (non-hydrogen) atoms. The Hall–Kier alpha value is -0.160. The summed E-state index contributed by atoms with van der Waals surface area (Å²) in [7, 11) is 0. The summed E-state index contributed by atoms with van der Waals surface area (Å²) >= 11 is 8.99. The molecular formula is C16H19Br2NS. The third kappa shape index (κ3) is 3.94. The second kappa shape index (κ2) is 7.21. The molecule has 0 amide bonds. The van der Waals surface area contributed by atoms with Gasteiger partial charge in [0.25, 0.3) is 0 Å². The molecule has 0 radical (unpaired) electrons. The van der Waals surface area contributed by atoms with Gasteiger partial charge in [0.05, 0.1) is 7.57 Å². The van der Waals surface area contributed by atoms with Crippen molar-refractivity contribution in [3.8, 4) is 0 Å². The van der Waals surface area contributed by atoms with Gasteiger partial charge in [-0.25, -0.2) is 0 Å². The van der Waals surface area contributed by atoms with Crippen molar-refractivity contribution < 1.29 is 0 Å². The van der Waals surface area contributed by atoms with E-state index in [2.05, 4.69) is 82.2 Å². The van der Waals surface area contributed by atoms with Crippen molar-refractivity contribution in [2.75, 3.05) is 6.54 Å². The van der Waals surface area contributed by atoms with Crippen LogP contribution in [0.2, 0.25) is 0 Å². The number of hydrogen-bond acceptors (Lipinski definition) is 2. The van der Waals surface area contributed by atoms with Gasteiger partial charge in [0, 0.05) is 6.04 Å². The van der Waals surface area contributed by atoms with E-state index in [0.29, 0.717) is 6.04 Å². The molecule has 0 aliphatic heterocycles. The van der Waals surface area contributed by atoms with E-state index in [9.17, 15) is 0 Å². The van der Waals surface area contributed by atoms with E-state index in [0.717, 1.165) is 13.0 Å². The molecule has 0 aliphatic carbocycles. The predicted molar refractivity (Wildman–Crippen MR) is 95.8 cm³/mol. The van der Waals surface area contributed by atoms with Gasteiger partial charge in [0.15, 0.2) is 0 Å². The van der Waals surface area contributed by atoms with Gasteiger partial charge in [-0.1, -0.05) is 30.7 Å². The summed E-state index contributed by atoms with van der Waals surface area (Å²) in [4.78, 5) is 0. The van der Waals surface area contributed by atoms with E-state index in [1.807, 2.05) is 0 Å². The summed E-state index contributed by atoms with van der Waals surface area (Å²) in [5, 5.41) is 3.60. The Kier molecular flexibility index (Phi) is 5.84. The Labute approximate surface area is 142 Å². The Balaban J connectivity index is 2.30. The molecule has 1 aromatic carbocycles. The van der Waals surface area contributed by atoms with E-state index >= 15 is 0 Å². The first kappa shape index (κ1) is 16.2. The normalized spacial score (nSPS) is 12.7. The molecule has 0 saturated heterocycles. The smallest absolute Gasteiger partial charge is 0.0758 e. The highest BCUT2D eigenvalue weighted by Crippen LogP contribution is 2.36. The van der Waals surface area contributed by atoms with Crippen LogP contribution in [0.5, 0.6) is 0 Å². The lowest BCUT2D eigenvalue weighted by Gasteiger charge is -2.19. The molecule has 1 aromatic heterocycles. The first-order valence-corrected chi connectivity index (χ1v) is 9.15. The Bertz CT molecular complexity index is 592. The van der Waals surface area contributed by atoms with Crippen LogP contribution in [0, 0.1) is 13.8 Å². The first-order valence-electron chi connectivity index (χ1n) is 6.75. The van der Waals surface area contributed by atoms with Gasteiger partial charge in [0.1, 0.15) is 0 Å². The maximum atomic E-state index is 3.68. The van der Waals surface area contributed by atoms with Crippen LogP contribution >= 0.6 is 43.2 Å². The van der Waals surface area contributed by atoms with Gasteiger partial charge in [-0.3, -0.25) is 0 Å². The van der Waals surface area contributed by atoms with Crippen LogP contribution in [0.15, 0.2) is 31.8 Å². The van der Waals surface area contributed by atoms with Crippen molar-refractivity contribution >= 4 is 43.2 Å². The fourth-order valence-electron chi connectivity index (χ4n) is 2.37. The number of hydrogen-bond donors (Lipinski definition) is 1. The zero-order chi connectivity index (χ0) is 14.7. The number of thiophene rings is 1. The standard InChI is InChI=1S/C16H19Br2NS/c1-4-19-14(13-9-15(17)20-16(13)18)8-12-7-10(2)5-6-11(12)3/h5-7,9,14,19H,4,8H2,1-3H3. The summed E-state index contributed by atoms with van der Waals surface area (Å²) in [5.41, 5.74) is 5.45. The van der Waals surface area contributed by atoms with Gasteiger partial charge >= 0.3 is 0 Å². The van der Waals surface area contributed by atoms with Crippen molar-refractivity contribution in [3.05, 3.63) is 54.1 Å². The number of nitrogens with one attached hydrogen (secondary N) is 1.